The number of carbonyl (C=O) groups excluding carboxylic acids is 1. The molecule has 0 heterocycles. The Hall–Kier alpha value is 2.22. The van der Waals surface area contributed by atoms with E-state index in [9.17, 15) is 0 Å². The Morgan fingerprint density at radius 2 is 1.50 bits per heavy atom. The molecule has 0 aliphatic rings. The topological polar surface area (TPSA) is 34.1 Å². The van der Waals surface area contributed by atoms with E-state index in [1.807, 2.05) is 0 Å². The van der Waals surface area contributed by atoms with E-state index in [0.717, 1.165) is 6.29 Å². The minimum absolute atomic E-state index is 0. The van der Waals surface area contributed by atoms with Crippen LogP contribution in [0.15, 0.2) is 0 Å². The molecule has 2 nitrogen and oxygen atoms in total. The molecule has 0 aromatic heterocycles. The van der Waals surface area contributed by atoms with Crippen LogP contribution in [-0.4, -0.2) is 6.29 Å². The second kappa shape index (κ2) is 26.9. The molecule has 4 heteroatoms. The zero-order chi connectivity index (χ0) is 4.71. The van der Waals surface area contributed by atoms with Gasteiger partial charge >= 0.3 is 40.7 Å². The van der Waals surface area contributed by atoms with Gasteiger partial charge in [0.15, 0.2) is 0 Å². The van der Waals surface area contributed by atoms with Crippen molar-refractivity contribution in [2.75, 3.05) is 0 Å². The minimum atomic E-state index is 0. The predicted molar refractivity (Wildman–Crippen MR) is 12.4 cm³/mol. The Kier molecular flexibility index (Phi) is 70.6. The first-order chi connectivity index (χ1) is 2.41. The standard InChI is InChI=1S/C2H4O.2Ce.O/c1-2-3;;;/h2H,1H3;;;. The third kappa shape index (κ3) is 34.3. The number of rotatable bonds is 0. The molecule has 0 bridgehead atoms. The van der Waals surface area contributed by atoms with E-state index in [0.29, 0.717) is 0 Å². The molecule has 0 aliphatic carbocycles. The van der Waals surface area contributed by atoms with Crippen LogP contribution >= 0.6 is 0 Å². The van der Waals surface area contributed by atoms with Crippen molar-refractivity contribution >= 4 is 6.29 Å². The molecule has 0 atom stereocenters. The van der Waals surface area contributed by atoms with Crippen molar-refractivity contribution in [2.45, 2.75) is 6.92 Å². The first-order valence-electron chi connectivity index (χ1n) is 1.02. The summed E-state index contributed by atoms with van der Waals surface area (Å²) in [6.45, 7) is 1.44. The van der Waals surface area contributed by atoms with Gasteiger partial charge in [-0.05, 0) is 6.92 Å². The predicted octanol–water partition coefficient (Wildman–Crippen LogP) is 0.0864. The fourth-order valence-electron chi connectivity index (χ4n) is 0. The number of aldehydes is 1. The third-order valence-electron chi connectivity index (χ3n) is 0. The summed E-state index contributed by atoms with van der Waals surface area (Å²) in [6, 6.07) is 0. The average molecular weight is 340 g/mol. The second-order valence-corrected chi connectivity index (χ2v) is 0.236. The summed E-state index contributed by atoms with van der Waals surface area (Å²) in [7, 11) is 0. The van der Waals surface area contributed by atoms with Crippen LogP contribution in [0.3, 0.4) is 0 Å². The Balaban J connectivity index is -0.0000000275. The average Bonchev–Trinajstić information content (AvgIpc) is 1.46. The van der Waals surface area contributed by atoms with Crippen molar-refractivity contribution in [3.8, 4) is 0 Å². The number of carbonyl (C=O) groups is 1. The SMILES string of the molecule is CC=O.[Ce].[O]=[Ce]. The van der Waals surface area contributed by atoms with E-state index in [-0.39, 0.29) is 81.5 Å². The van der Waals surface area contributed by atoms with Gasteiger partial charge in [-0.15, -0.1) is 0 Å². The maximum atomic E-state index is 8.81. The van der Waals surface area contributed by atoms with Crippen LogP contribution in [0.2, 0.25) is 0 Å². The zero-order valence-corrected chi connectivity index (χ0v) is 9.67. The van der Waals surface area contributed by atoms with E-state index in [4.69, 9.17) is 5.73 Å². The molecule has 0 fully saturated rings. The molecule has 0 N–H and O–H groups in total. The zero-order valence-electron chi connectivity index (χ0n) is 3.39. The van der Waals surface area contributed by atoms with Gasteiger partial charge in [-0.3, -0.25) is 0 Å². The van der Waals surface area contributed by atoms with Gasteiger partial charge in [-0.1, -0.05) is 0 Å². The molecule has 0 saturated carbocycles. The van der Waals surface area contributed by atoms with E-state index < -0.39 is 0 Å². The fourth-order valence-corrected chi connectivity index (χ4v) is 0. The molecule has 0 spiro atoms. The molecule has 32 valence electrons. The van der Waals surface area contributed by atoms with E-state index in [2.05, 4.69) is 0 Å². The van der Waals surface area contributed by atoms with Crippen LogP contribution in [0.4, 0.5) is 0 Å². The van der Waals surface area contributed by atoms with Gasteiger partial charge in [0.05, 0.1) is 0 Å². The first kappa shape index (κ1) is 15.7. The molecule has 0 aromatic rings. The third-order valence-corrected chi connectivity index (χ3v) is 0. The monoisotopic (exact) mass is 340 g/mol. The van der Waals surface area contributed by atoms with Gasteiger partial charge in [0.1, 0.15) is 6.29 Å². The van der Waals surface area contributed by atoms with Crippen molar-refractivity contribution in [1.82, 2.24) is 0 Å². The molecular weight excluding hydrogens is 336 g/mol. The molecule has 0 radical (unpaired) electrons. The Morgan fingerprint density at radius 3 is 1.50 bits per heavy atom. The van der Waals surface area contributed by atoms with Crippen LogP contribution in [0, 0.1) is 81.5 Å². The summed E-state index contributed by atoms with van der Waals surface area (Å²) in [6.07, 6.45) is 0.750. The summed E-state index contributed by atoms with van der Waals surface area (Å²) in [5.41, 5.74) is 0. The summed E-state index contributed by atoms with van der Waals surface area (Å²) < 4.78 is 8.39. The number of hydrogen-bond acceptors (Lipinski definition) is 2. The Labute approximate surface area is 98.0 Å². The maximum absolute atomic E-state index is 8.81. The number of hydrogen-bond donors (Lipinski definition) is 0. The van der Waals surface area contributed by atoms with Gasteiger partial charge in [0, 0.05) is 41.7 Å². The normalized spacial score (nSPS) is 2.67. The van der Waals surface area contributed by atoms with Gasteiger partial charge in [-0.2, -0.15) is 0 Å². The quantitative estimate of drug-likeness (QED) is 0.586. The van der Waals surface area contributed by atoms with Crippen molar-refractivity contribution in [3.05, 3.63) is 0 Å². The second-order valence-electron chi connectivity index (χ2n) is 0.236. The van der Waals surface area contributed by atoms with Crippen molar-refractivity contribution in [2.24, 2.45) is 0 Å². The summed E-state index contributed by atoms with van der Waals surface area (Å²) in [5, 5.41) is 0. The molecule has 6 heavy (non-hydrogen) atoms. The van der Waals surface area contributed by atoms with Gasteiger partial charge < -0.3 is 4.79 Å². The van der Waals surface area contributed by atoms with Gasteiger partial charge in [-0.25, -0.2) is 0 Å². The van der Waals surface area contributed by atoms with Crippen molar-refractivity contribution < 1.29 is 87.3 Å². The van der Waals surface area contributed by atoms with Crippen molar-refractivity contribution in [3.63, 3.8) is 0 Å². The van der Waals surface area contributed by atoms with Crippen LogP contribution in [-0.2, 0) is 5.73 Å². The molecule has 0 amide bonds. The molecule has 0 unspecified atom stereocenters. The molecular formula is C2H4Ce2O2. The molecule has 0 aliphatic heterocycles. The summed E-state index contributed by atoms with van der Waals surface area (Å²) in [4.78, 5) is 8.81. The van der Waals surface area contributed by atoms with Crippen LogP contribution in [0.25, 0.3) is 0 Å². The van der Waals surface area contributed by atoms with Crippen LogP contribution in [0.1, 0.15) is 6.92 Å². The molecule has 0 rings (SSSR count). The first-order valence-corrected chi connectivity index (χ1v) is 2.30. The Morgan fingerprint density at radius 1 is 1.50 bits per heavy atom. The van der Waals surface area contributed by atoms with E-state index >= 15 is 0 Å². The summed E-state index contributed by atoms with van der Waals surface area (Å²) >= 11 is 0.0556. The fraction of sp³-hybridized carbons (Fsp3) is 0.500. The van der Waals surface area contributed by atoms with Crippen molar-refractivity contribution in [1.29, 1.82) is 0 Å². The molecule has 0 aromatic carbocycles. The van der Waals surface area contributed by atoms with E-state index in [1.54, 1.807) is 0 Å². The van der Waals surface area contributed by atoms with Gasteiger partial charge in [0.25, 0.3) is 0 Å². The Bertz CT molecular complexity index is 23.5. The molecule has 0 saturated heterocycles. The summed E-state index contributed by atoms with van der Waals surface area (Å²) in [5.74, 6) is 0. The van der Waals surface area contributed by atoms with Gasteiger partial charge in [0.2, 0.25) is 0 Å². The van der Waals surface area contributed by atoms with Crippen LogP contribution in [0.5, 0.6) is 0 Å². The van der Waals surface area contributed by atoms with Crippen LogP contribution < -0.4 is 0 Å². The van der Waals surface area contributed by atoms with E-state index in [1.165, 1.54) is 6.92 Å².